The quantitative estimate of drug-likeness (QED) is 0.627. The van der Waals surface area contributed by atoms with E-state index in [1.54, 1.807) is 13.2 Å². The number of ether oxygens (including phenoxy) is 1. The molecule has 6 nitrogen and oxygen atoms in total. The van der Waals surface area contributed by atoms with Gasteiger partial charge in [-0.2, -0.15) is 5.26 Å². The molecule has 0 aromatic heterocycles. The highest BCUT2D eigenvalue weighted by atomic mass is 16.5. The molecule has 2 atom stereocenters. The van der Waals surface area contributed by atoms with Crippen LogP contribution in [0.2, 0.25) is 0 Å². The van der Waals surface area contributed by atoms with Crippen LogP contribution in [0.15, 0.2) is 64.3 Å². The van der Waals surface area contributed by atoms with Crippen molar-refractivity contribution in [3.05, 3.63) is 64.9 Å². The smallest absolute Gasteiger partial charge is 0.231 e. The topological polar surface area (TPSA) is 91.5 Å². The van der Waals surface area contributed by atoms with Gasteiger partial charge in [-0.1, -0.05) is 11.8 Å². The van der Waals surface area contributed by atoms with E-state index in [9.17, 15) is 14.9 Å². The number of benzene rings is 1. The van der Waals surface area contributed by atoms with Crippen molar-refractivity contribution in [2.75, 3.05) is 13.7 Å². The zero-order chi connectivity index (χ0) is 21.1. The average molecular weight is 397 g/mol. The second-order valence-corrected chi connectivity index (χ2v) is 7.23. The van der Waals surface area contributed by atoms with E-state index in [4.69, 9.17) is 4.74 Å². The van der Waals surface area contributed by atoms with Gasteiger partial charge in [-0.05, 0) is 48.4 Å². The normalized spacial score (nSPS) is 22.7. The van der Waals surface area contributed by atoms with Crippen LogP contribution < -0.4 is 10.1 Å². The minimum atomic E-state index is -0.325. The largest absolute Gasteiger partial charge is 0.497 e. The summed E-state index contributed by atoms with van der Waals surface area (Å²) in [6.45, 7) is 0.311. The number of amides is 1. The van der Waals surface area contributed by atoms with Crippen molar-refractivity contribution in [2.45, 2.75) is 12.8 Å². The highest BCUT2D eigenvalue weighted by Crippen LogP contribution is 2.46. The molecule has 1 fully saturated rings. The summed E-state index contributed by atoms with van der Waals surface area (Å²) in [4.78, 5) is 28.1. The van der Waals surface area contributed by atoms with E-state index in [-0.39, 0.29) is 29.9 Å². The Morgan fingerprint density at radius 2 is 2.03 bits per heavy atom. The lowest BCUT2D eigenvalue weighted by molar-refractivity contribution is -0.126. The van der Waals surface area contributed by atoms with E-state index in [2.05, 4.69) is 28.2 Å². The first-order valence-corrected chi connectivity index (χ1v) is 9.64. The fourth-order valence-electron chi connectivity index (χ4n) is 3.49. The zero-order valence-corrected chi connectivity index (χ0v) is 16.4. The fourth-order valence-corrected chi connectivity index (χ4v) is 3.49. The summed E-state index contributed by atoms with van der Waals surface area (Å²) in [6, 6.07) is 9.81. The van der Waals surface area contributed by atoms with Crippen LogP contribution in [0.25, 0.3) is 0 Å². The van der Waals surface area contributed by atoms with Gasteiger partial charge in [0.15, 0.2) is 5.78 Å². The molecule has 0 unspecified atom stereocenters. The van der Waals surface area contributed by atoms with E-state index < -0.39 is 0 Å². The van der Waals surface area contributed by atoms with Gasteiger partial charge in [-0.3, -0.25) is 14.6 Å². The van der Waals surface area contributed by atoms with Crippen molar-refractivity contribution in [1.29, 1.82) is 5.26 Å². The average Bonchev–Trinajstić information content (AvgIpc) is 3.55. The molecule has 0 bridgehead atoms. The van der Waals surface area contributed by atoms with Crippen molar-refractivity contribution in [1.82, 2.24) is 5.32 Å². The second-order valence-electron chi connectivity index (χ2n) is 7.23. The molecule has 2 heterocycles. The van der Waals surface area contributed by atoms with E-state index in [1.165, 1.54) is 6.20 Å². The van der Waals surface area contributed by atoms with E-state index >= 15 is 0 Å². The van der Waals surface area contributed by atoms with Gasteiger partial charge >= 0.3 is 0 Å². The van der Waals surface area contributed by atoms with E-state index in [0.29, 0.717) is 23.4 Å². The fraction of sp³-hybridized carbons (Fsp3) is 0.250. The lowest BCUT2D eigenvalue weighted by Gasteiger charge is -2.13. The number of hydrogen-bond acceptors (Lipinski definition) is 5. The molecule has 148 valence electrons. The van der Waals surface area contributed by atoms with Crippen molar-refractivity contribution in [3.8, 4) is 23.7 Å². The first-order valence-electron chi connectivity index (χ1n) is 9.64. The van der Waals surface area contributed by atoms with Crippen molar-refractivity contribution in [2.24, 2.45) is 16.8 Å². The minimum absolute atomic E-state index is 0.124. The number of carbonyl (C=O) groups is 2. The summed E-state index contributed by atoms with van der Waals surface area (Å²) in [6.07, 6.45) is 5.66. The third-order valence-corrected chi connectivity index (χ3v) is 5.24. The van der Waals surface area contributed by atoms with Gasteiger partial charge < -0.3 is 10.1 Å². The summed E-state index contributed by atoms with van der Waals surface area (Å²) in [5, 5.41) is 12.2. The number of rotatable bonds is 3. The van der Waals surface area contributed by atoms with E-state index in [0.717, 1.165) is 23.3 Å². The standard InChI is InChI=1S/C24H19N3O3/c1-30-18-6-3-15(4-7-18)2-5-16-10-19(16)20-11-22(26-9-8-17(20)13-25)21-14-27-24(29)12-23(21)28/h3-4,6-8,11,14,16,19H,9-10,12H2,1H3,(H,27,29)/t16-,19-/m0/s1. The molecule has 0 spiro atoms. The molecule has 0 saturated heterocycles. The maximum absolute atomic E-state index is 12.3. The van der Waals surface area contributed by atoms with E-state index in [1.807, 2.05) is 30.3 Å². The van der Waals surface area contributed by atoms with Gasteiger partial charge in [-0.25, -0.2) is 0 Å². The minimum Gasteiger partial charge on any atom is -0.497 e. The van der Waals surface area contributed by atoms with Gasteiger partial charge in [-0.15, -0.1) is 0 Å². The summed E-state index contributed by atoms with van der Waals surface area (Å²) in [5.41, 5.74) is 3.21. The predicted molar refractivity (Wildman–Crippen MR) is 111 cm³/mol. The molecule has 1 aromatic rings. The van der Waals surface area contributed by atoms with Crippen molar-refractivity contribution >= 4 is 17.4 Å². The molecule has 3 aliphatic rings. The Kier molecular flexibility index (Phi) is 5.32. The van der Waals surface area contributed by atoms with Gasteiger partial charge in [0, 0.05) is 23.6 Å². The first kappa shape index (κ1) is 19.4. The second kappa shape index (κ2) is 8.23. The van der Waals surface area contributed by atoms with Crippen molar-refractivity contribution < 1.29 is 14.3 Å². The maximum atomic E-state index is 12.3. The predicted octanol–water partition coefficient (Wildman–Crippen LogP) is 2.49. The Hall–Kier alpha value is -3.90. The lowest BCUT2D eigenvalue weighted by atomic mass is 9.95. The zero-order valence-electron chi connectivity index (χ0n) is 16.4. The third-order valence-electron chi connectivity index (χ3n) is 5.24. The highest BCUT2D eigenvalue weighted by molar-refractivity contribution is 6.30. The Morgan fingerprint density at radius 1 is 1.23 bits per heavy atom. The summed E-state index contributed by atoms with van der Waals surface area (Å²) >= 11 is 0. The van der Waals surface area contributed by atoms with Gasteiger partial charge in [0.05, 0.1) is 43.0 Å². The Labute approximate surface area is 174 Å². The SMILES string of the molecule is COc1ccc(C#C[C@H]2C[C@@H]2C2=CC(C3=CNC(=O)CC3=O)=NCC=C2C#N)cc1. The maximum Gasteiger partial charge on any atom is 0.231 e. The number of methoxy groups -OCH3 is 1. The Bertz CT molecular complexity index is 1130. The van der Waals surface area contributed by atoms with Crippen LogP contribution in [0, 0.1) is 35.0 Å². The van der Waals surface area contributed by atoms with Gasteiger partial charge in [0.2, 0.25) is 5.91 Å². The molecule has 1 amide bonds. The molecule has 2 aliphatic heterocycles. The molecule has 1 aromatic carbocycles. The number of Topliss-reactive ketones (excluding diaryl/α,β-unsaturated/α-hetero) is 1. The summed E-state index contributed by atoms with van der Waals surface area (Å²) in [7, 11) is 1.62. The molecule has 6 heteroatoms. The van der Waals surface area contributed by atoms with Crippen LogP contribution >= 0.6 is 0 Å². The van der Waals surface area contributed by atoms with Crippen LogP contribution in [0.4, 0.5) is 0 Å². The molecular formula is C24H19N3O3. The molecule has 1 N–H and O–H groups in total. The number of nitriles is 1. The third kappa shape index (κ3) is 4.09. The number of hydrogen-bond donors (Lipinski definition) is 1. The number of allylic oxidation sites excluding steroid dienone is 4. The molecule has 30 heavy (non-hydrogen) atoms. The molecule has 1 saturated carbocycles. The molecular weight excluding hydrogens is 378 g/mol. The Morgan fingerprint density at radius 3 is 2.73 bits per heavy atom. The monoisotopic (exact) mass is 397 g/mol. The number of nitrogens with one attached hydrogen (secondary N) is 1. The van der Waals surface area contributed by atoms with Gasteiger partial charge in [0.25, 0.3) is 0 Å². The first-order chi connectivity index (χ1) is 14.6. The number of aliphatic imine (C=N–C) groups is 1. The molecule has 4 rings (SSSR count). The van der Waals surface area contributed by atoms with Crippen molar-refractivity contribution in [3.63, 3.8) is 0 Å². The number of ketones is 1. The van der Waals surface area contributed by atoms with Crippen LogP contribution in [0.3, 0.4) is 0 Å². The number of nitrogens with zero attached hydrogens (tertiary/aromatic N) is 2. The lowest BCUT2D eigenvalue weighted by Crippen LogP contribution is -2.30. The summed E-state index contributed by atoms with van der Waals surface area (Å²) in [5.74, 6) is 6.93. The molecule has 1 aliphatic carbocycles. The molecule has 0 radical (unpaired) electrons. The Balaban J connectivity index is 1.56. The van der Waals surface area contributed by atoms with Crippen LogP contribution in [0.5, 0.6) is 5.75 Å². The number of carbonyl (C=O) groups excluding carboxylic acids is 2. The van der Waals surface area contributed by atoms with Crippen LogP contribution in [0.1, 0.15) is 18.4 Å². The van der Waals surface area contributed by atoms with Crippen LogP contribution in [-0.2, 0) is 9.59 Å². The van der Waals surface area contributed by atoms with Gasteiger partial charge in [0.1, 0.15) is 5.75 Å². The summed E-state index contributed by atoms with van der Waals surface area (Å²) < 4.78 is 5.16. The van der Waals surface area contributed by atoms with Crippen LogP contribution in [-0.4, -0.2) is 31.1 Å². The highest BCUT2D eigenvalue weighted by Gasteiger charge is 2.40.